The van der Waals surface area contributed by atoms with Gasteiger partial charge in [-0.15, -0.1) is 0 Å². The van der Waals surface area contributed by atoms with Crippen molar-refractivity contribution in [1.29, 1.82) is 0 Å². The van der Waals surface area contributed by atoms with Crippen LogP contribution in [0.15, 0.2) is 28.8 Å². The van der Waals surface area contributed by atoms with Gasteiger partial charge in [-0.2, -0.15) is 4.98 Å². The van der Waals surface area contributed by atoms with Gasteiger partial charge < -0.3 is 19.5 Å². The Hall–Kier alpha value is -2.57. The van der Waals surface area contributed by atoms with Crippen molar-refractivity contribution >= 4 is 6.03 Å². The fraction of sp³-hybridized carbons (Fsp3) is 0.526. The van der Waals surface area contributed by atoms with E-state index >= 15 is 0 Å². The van der Waals surface area contributed by atoms with Crippen LogP contribution in [-0.2, 0) is 0 Å². The number of amides is 2. The first kappa shape index (κ1) is 16.9. The van der Waals surface area contributed by atoms with Gasteiger partial charge in [0, 0.05) is 12.6 Å². The Morgan fingerprint density at radius 1 is 1.23 bits per heavy atom. The molecule has 2 aromatic rings. The van der Waals surface area contributed by atoms with Crippen LogP contribution in [0.4, 0.5) is 4.79 Å². The van der Waals surface area contributed by atoms with Crippen LogP contribution in [0, 0.1) is 0 Å². The zero-order chi connectivity index (χ0) is 17.9. The monoisotopic (exact) mass is 356 g/mol. The molecule has 1 N–H and O–H groups in total. The number of para-hydroxylation sites is 1. The molecule has 1 aromatic carbocycles. The number of rotatable bonds is 4. The van der Waals surface area contributed by atoms with Crippen molar-refractivity contribution < 1.29 is 14.1 Å². The Morgan fingerprint density at radius 2 is 2.04 bits per heavy atom. The molecule has 0 bridgehead atoms. The van der Waals surface area contributed by atoms with E-state index in [1.54, 1.807) is 7.11 Å². The molecular formula is C19H24N4O3. The smallest absolute Gasteiger partial charge is 0.318 e. The summed E-state index contributed by atoms with van der Waals surface area (Å²) in [7, 11) is 1.62. The van der Waals surface area contributed by atoms with Crippen LogP contribution in [0.3, 0.4) is 0 Å². The summed E-state index contributed by atoms with van der Waals surface area (Å²) in [5.74, 6) is 1.67. The summed E-state index contributed by atoms with van der Waals surface area (Å²) < 4.78 is 10.9. The lowest BCUT2D eigenvalue weighted by Crippen LogP contribution is -2.43. The number of hydrogen-bond donors (Lipinski definition) is 1. The zero-order valence-electron chi connectivity index (χ0n) is 15.0. The van der Waals surface area contributed by atoms with Gasteiger partial charge in [-0.3, -0.25) is 0 Å². The van der Waals surface area contributed by atoms with Crippen molar-refractivity contribution in [3.8, 4) is 17.1 Å². The number of carbonyl (C=O) groups excluding carboxylic acids is 1. The van der Waals surface area contributed by atoms with Gasteiger partial charge >= 0.3 is 6.03 Å². The topological polar surface area (TPSA) is 80.5 Å². The fourth-order valence-electron chi connectivity index (χ4n) is 3.90. The normalized spacial score (nSPS) is 20.5. The molecule has 7 heteroatoms. The minimum Gasteiger partial charge on any atom is -0.496 e. The van der Waals surface area contributed by atoms with E-state index in [1.807, 2.05) is 29.2 Å². The summed E-state index contributed by atoms with van der Waals surface area (Å²) in [4.78, 5) is 19.1. The van der Waals surface area contributed by atoms with Crippen molar-refractivity contribution in [2.75, 3.05) is 13.7 Å². The van der Waals surface area contributed by atoms with Crippen molar-refractivity contribution in [1.82, 2.24) is 20.4 Å². The molecule has 1 saturated carbocycles. The van der Waals surface area contributed by atoms with Gasteiger partial charge in [0.15, 0.2) is 0 Å². The van der Waals surface area contributed by atoms with E-state index in [-0.39, 0.29) is 12.1 Å². The molecule has 2 amide bonds. The summed E-state index contributed by atoms with van der Waals surface area (Å²) in [6, 6.07) is 7.69. The standard InChI is InChI=1S/C19H24N4O3/c1-25-16-11-5-4-9-14(16)17-21-18(26-22-17)15-10-6-12-23(15)19(24)20-13-7-2-3-8-13/h4-5,9,11,13,15H,2-3,6-8,10,12H2,1H3,(H,20,24). The van der Waals surface area contributed by atoms with Gasteiger partial charge in [0.1, 0.15) is 11.8 Å². The molecule has 1 aliphatic carbocycles. The third-order valence-corrected chi connectivity index (χ3v) is 5.27. The average molecular weight is 356 g/mol. The molecule has 1 saturated heterocycles. The number of nitrogens with zero attached hydrogens (tertiary/aromatic N) is 3. The highest BCUT2D eigenvalue weighted by atomic mass is 16.5. The summed E-state index contributed by atoms with van der Waals surface area (Å²) in [6.07, 6.45) is 6.31. The van der Waals surface area contributed by atoms with E-state index < -0.39 is 0 Å². The Labute approximate surface area is 152 Å². The van der Waals surface area contributed by atoms with E-state index in [4.69, 9.17) is 9.26 Å². The second kappa shape index (κ2) is 7.35. The van der Waals surface area contributed by atoms with E-state index in [9.17, 15) is 4.79 Å². The third kappa shape index (κ3) is 3.25. The molecule has 0 radical (unpaired) electrons. The first-order valence-corrected chi connectivity index (χ1v) is 9.30. The van der Waals surface area contributed by atoms with Crippen molar-refractivity contribution in [3.05, 3.63) is 30.2 Å². The van der Waals surface area contributed by atoms with Gasteiger partial charge in [-0.05, 0) is 37.8 Å². The number of aromatic nitrogens is 2. The molecule has 26 heavy (non-hydrogen) atoms. The molecule has 2 heterocycles. The first-order chi connectivity index (χ1) is 12.8. The van der Waals surface area contributed by atoms with E-state index in [0.29, 0.717) is 23.5 Å². The quantitative estimate of drug-likeness (QED) is 0.906. The average Bonchev–Trinajstić information content (AvgIpc) is 3.41. The zero-order valence-corrected chi connectivity index (χ0v) is 15.0. The second-order valence-corrected chi connectivity index (χ2v) is 6.94. The molecule has 1 unspecified atom stereocenters. The van der Waals surface area contributed by atoms with Crippen LogP contribution < -0.4 is 10.1 Å². The summed E-state index contributed by atoms with van der Waals surface area (Å²) in [5.41, 5.74) is 0.782. The molecule has 1 aromatic heterocycles. The van der Waals surface area contributed by atoms with Crippen molar-refractivity contribution in [2.24, 2.45) is 0 Å². The lowest BCUT2D eigenvalue weighted by Gasteiger charge is -2.24. The number of ether oxygens (including phenoxy) is 1. The fourth-order valence-corrected chi connectivity index (χ4v) is 3.90. The molecule has 138 valence electrons. The van der Waals surface area contributed by atoms with Gasteiger partial charge in [0.2, 0.25) is 11.7 Å². The minimum absolute atomic E-state index is 0.0172. The maximum absolute atomic E-state index is 12.7. The molecule has 1 aliphatic heterocycles. The first-order valence-electron chi connectivity index (χ1n) is 9.30. The maximum Gasteiger partial charge on any atom is 0.318 e. The molecule has 2 fully saturated rings. The van der Waals surface area contributed by atoms with Crippen LogP contribution >= 0.6 is 0 Å². The Bertz CT molecular complexity index is 770. The number of carbonyl (C=O) groups is 1. The van der Waals surface area contributed by atoms with Crippen LogP contribution in [0.25, 0.3) is 11.4 Å². The Kier molecular flexibility index (Phi) is 4.77. The van der Waals surface area contributed by atoms with E-state index in [2.05, 4.69) is 15.5 Å². The van der Waals surface area contributed by atoms with Gasteiger partial charge in [-0.1, -0.05) is 30.1 Å². The maximum atomic E-state index is 12.7. The van der Waals surface area contributed by atoms with Crippen LogP contribution in [-0.4, -0.2) is 40.8 Å². The number of benzene rings is 1. The number of hydrogen-bond acceptors (Lipinski definition) is 5. The predicted octanol–water partition coefficient (Wildman–Crippen LogP) is 3.53. The lowest BCUT2D eigenvalue weighted by molar-refractivity contribution is 0.177. The largest absolute Gasteiger partial charge is 0.496 e. The van der Waals surface area contributed by atoms with Gasteiger partial charge in [0.25, 0.3) is 0 Å². The molecule has 4 rings (SSSR count). The third-order valence-electron chi connectivity index (χ3n) is 5.27. The molecular weight excluding hydrogens is 332 g/mol. The van der Waals surface area contributed by atoms with Gasteiger partial charge in [-0.25, -0.2) is 4.79 Å². The van der Waals surface area contributed by atoms with Crippen LogP contribution in [0.2, 0.25) is 0 Å². The lowest BCUT2D eigenvalue weighted by atomic mass is 10.2. The van der Waals surface area contributed by atoms with Crippen molar-refractivity contribution in [3.63, 3.8) is 0 Å². The SMILES string of the molecule is COc1ccccc1-c1noc(C2CCCN2C(=O)NC2CCCC2)n1. The molecule has 7 nitrogen and oxygen atoms in total. The molecule has 0 spiro atoms. The Balaban J connectivity index is 1.51. The summed E-state index contributed by atoms with van der Waals surface area (Å²) >= 11 is 0. The highest BCUT2D eigenvalue weighted by molar-refractivity contribution is 5.75. The number of methoxy groups -OCH3 is 1. The highest BCUT2D eigenvalue weighted by Gasteiger charge is 2.35. The summed E-state index contributed by atoms with van der Waals surface area (Å²) in [6.45, 7) is 0.718. The predicted molar refractivity (Wildman–Crippen MR) is 95.8 cm³/mol. The molecule has 1 atom stereocenters. The van der Waals surface area contributed by atoms with Crippen LogP contribution in [0.1, 0.15) is 50.5 Å². The van der Waals surface area contributed by atoms with Crippen molar-refractivity contribution in [2.45, 2.75) is 50.6 Å². The highest BCUT2D eigenvalue weighted by Crippen LogP contribution is 2.34. The Morgan fingerprint density at radius 3 is 2.85 bits per heavy atom. The minimum atomic E-state index is -0.160. The summed E-state index contributed by atoms with van der Waals surface area (Å²) in [5, 5.41) is 7.27. The van der Waals surface area contributed by atoms with E-state index in [1.165, 1.54) is 12.8 Å². The van der Waals surface area contributed by atoms with Crippen LogP contribution in [0.5, 0.6) is 5.75 Å². The van der Waals surface area contributed by atoms with E-state index in [0.717, 1.165) is 37.8 Å². The number of urea groups is 1. The van der Waals surface area contributed by atoms with Gasteiger partial charge in [0.05, 0.1) is 12.7 Å². The second-order valence-electron chi connectivity index (χ2n) is 6.94. The molecule has 2 aliphatic rings. The number of nitrogens with one attached hydrogen (secondary N) is 1. The number of likely N-dealkylation sites (tertiary alicyclic amines) is 1.